The Morgan fingerprint density at radius 1 is 1.20 bits per heavy atom. The molecule has 0 bridgehead atoms. The van der Waals surface area contributed by atoms with E-state index in [0.717, 1.165) is 5.56 Å². The number of methoxy groups -OCH3 is 2. The molecule has 25 heavy (non-hydrogen) atoms. The Morgan fingerprint density at radius 2 is 1.88 bits per heavy atom. The molecule has 1 heterocycles. The van der Waals surface area contributed by atoms with E-state index >= 15 is 0 Å². The number of benzene rings is 2. The Hall–Kier alpha value is -2.86. The molecule has 0 aliphatic carbocycles. The van der Waals surface area contributed by atoms with Crippen LogP contribution in [0.4, 0.5) is 0 Å². The van der Waals surface area contributed by atoms with Gasteiger partial charge in [0.2, 0.25) is 0 Å². The van der Waals surface area contributed by atoms with Crippen molar-refractivity contribution in [3.63, 3.8) is 0 Å². The van der Waals surface area contributed by atoms with Gasteiger partial charge in [-0.3, -0.25) is 0 Å². The first kappa shape index (κ1) is 17.0. The lowest BCUT2D eigenvalue weighted by Gasteiger charge is -2.23. The second kappa shape index (κ2) is 6.22. The van der Waals surface area contributed by atoms with E-state index in [1.54, 1.807) is 23.6 Å². The Morgan fingerprint density at radius 3 is 2.48 bits per heavy atom. The molecule has 0 aliphatic rings. The Labute approximate surface area is 145 Å². The van der Waals surface area contributed by atoms with E-state index in [-0.39, 0.29) is 0 Å². The van der Waals surface area contributed by atoms with Crippen LogP contribution in [0.3, 0.4) is 0 Å². The third-order valence-electron chi connectivity index (χ3n) is 4.35. The molecule has 0 saturated carbocycles. The van der Waals surface area contributed by atoms with E-state index in [1.807, 2.05) is 37.4 Å². The standard InChI is InChI=1S/C19H20N2O4/c1-19(23,13-8-6-5-7-9-13)18-20-14-10-12(17(22)25-4)11-15(24-3)16(14)21(18)2/h5-11,23H,1-4H3. The predicted molar refractivity (Wildman–Crippen MR) is 93.7 cm³/mol. The first-order chi connectivity index (χ1) is 11.9. The molecule has 1 atom stereocenters. The van der Waals surface area contributed by atoms with Crippen molar-refractivity contribution in [2.45, 2.75) is 12.5 Å². The number of ether oxygens (including phenoxy) is 2. The number of esters is 1. The topological polar surface area (TPSA) is 73.6 Å². The molecule has 1 N–H and O–H groups in total. The van der Waals surface area contributed by atoms with Gasteiger partial charge in [-0.05, 0) is 24.6 Å². The van der Waals surface area contributed by atoms with Crippen molar-refractivity contribution in [1.82, 2.24) is 9.55 Å². The zero-order valence-corrected chi connectivity index (χ0v) is 14.6. The van der Waals surface area contributed by atoms with Crippen LogP contribution in [0.5, 0.6) is 5.75 Å². The second-order valence-electron chi connectivity index (χ2n) is 5.97. The largest absolute Gasteiger partial charge is 0.494 e. The molecular weight excluding hydrogens is 320 g/mol. The quantitative estimate of drug-likeness (QED) is 0.739. The van der Waals surface area contributed by atoms with Crippen molar-refractivity contribution < 1.29 is 19.4 Å². The number of aliphatic hydroxyl groups is 1. The van der Waals surface area contributed by atoms with Crippen molar-refractivity contribution in [3.05, 3.63) is 59.4 Å². The molecule has 130 valence electrons. The predicted octanol–water partition coefficient (Wildman–Crippen LogP) is 2.62. The number of carbonyl (C=O) groups is 1. The van der Waals surface area contributed by atoms with Gasteiger partial charge in [-0.1, -0.05) is 30.3 Å². The van der Waals surface area contributed by atoms with Gasteiger partial charge in [-0.2, -0.15) is 0 Å². The smallest absolute Gasteiger partial charge is 0.338 e. The molecule has 3 rings (SSSR count). The lowest BCUT2D eigenvalue weighted by molar-refractivity contribution is 0.0600. The molecular formula is C19H20N2O4. The number of aryl methyl sites for hydroxylation is 1. The number of fused-ring (bicyclic) bond motifs is 1. The third kappa shape index (κ3) is 2.74. The van der Waals surface area contributed by atoms with Gasteiger partial charge in [0.05, 0.1) is 25.3 Å². The van der Waals surface area contributed by atoms with Gasteiger partial charge < -0.3 is 19.1 Å². The van der Waals surface area contributed by atoms with Crippen LogP contribution in [0.15, 0.2) is 42.5 Å². The molecule has 6 nitrogen and oxygen atoms in total. The highest BCUT2D eigenvalue weighted by molar-refractivity contribution is 5.96. The Bertz CT molecular complexity index is 929. The summed E-state index contributed by atoms with van der Waals surface area (Å²) in [5, 5.41) is 11.1. The highest BCUT2D eigenvalue weighted by Crippen LogP contribution is 2.34. The molecule has 1 aromatic heterocycles. The molecule has 0 saturated heterocycles. The summed E-state index contributed by atoms with van der Waals surface area (Å²) >= 11 is 0. The Balaban J connectivity index is 2.25. The maximum Gasteiger partial charge on any atom is 0.338 e. The van der Waals surface area contributed by atoms with Crippen molar-refractivity contribution in [2.75, 3.05) is 14.2 Å². The van der Waals surface area contributed by atoms with Crippen LogP contribution in [0.1, 0.15) is 28.7 Å². The number of aromatic nitrogens is 2. The van der Waals surface area contributed by atoms with E-state index in [1.165, 1.54) is 14.2 Å². The van der Waals surface area contributed by atoms with Gasteiger partial charge in [0.1, 0.15) is 22.7 Å². The summed E-state index contributed by atoms with van der Waals surface area (Å²) < 4.78 is 12.0. The molecule has 0 radical (unpaired) electrons. The number of hydrogen-bond acceptors (Lipinski definition) is 5. The molecule has 2 aromatic carbocycles. The number of imidazole rings is 1. The summed E-state index contributed by atoms with van der Waals surface area (Å²) in [4.78, 5) is 16.4. The van der Waals surface area contributed by atoms with E-state index in [2.05, 4.69) is 4.98 Å². The molecule has 0 spiro atoms. The van der Waals surface area contributed by atoms with Gasteiger partial charge in [0.15, 0.2) is 0 Å². The zero-order valence-electron chi connectivity index (χ0n) is 14.6. The molecule has 3 aromatic rings. The third-order valence-corrected chi connectivity index (χ3v) is 4.35. The fraction of sp³-hybridized carbons (Fsp3) is 0.263. The minimum absolute atomic E-state index is 0.343. The average Bonchev–Trinajstić information content (AvgIpc) is 2.98. The van der Waals surface area contributed by atoms with Gasteiger partial charge in [-0.25, -0.2) is 9.78 Å². The van der Waals surface area contributed by atoms with Crippen LogP contribution in [0, 0.1) is 0 Å². The van der Waals surface area contributed by atoms with Crippen LogP contribution >= 0.6 is 0 Å². The summed E-state index contributed by atoms with van der Waals surface area (Å²) in [6.07, 6.45) is 0. The number of hydrogen-bond donors (Lipinski definition) is 1. The number of nitrogens with zero attached hydrogens (tertiary/aromatic N) is 2. The number of carbonyl (C=O) groups excluding carboxylic acids is 1. The van der Waals surface area contributed by atoms with Crippen LogP contribution in [0.25, 0.3) is 11.0 Å². The molecule has 0 aliphatic heterocycles. The molecule has 1 unspecified atom stereocenters. The average molecular weight is 340 g/mol. The van der Waals surface area contributed by atoms with Crippen LogP contribution in [-0.4, -0.2) is 34.8 Å². The SMILES string of the molecule is COC(=O)c1cc(OC)c2c(c1)nc(C(C)(O)c1ccccc1)n2C. The Kier molecular flexibility index (Phi) is 4.22. The van der Waals surface area contributed by atoms with Gasteiger partial charge in [-0.15, -0.1) is 0 Å². The maximum atomic E-state index is 11.9. The monoisotopic (exact) mass is 340 g/mol. The van der Waals surface area contributed by atoms with Gasteiger partial charge in [0.25, 0.3) is 0 Å². The van der Waals surface area contributed by atoms with Gasteiger partial charge in [0, 0.05) is 7.05 Å². The van der Waals surface area contributed by atoms with Gasteiger partial charge >= 0.3 is 5.97 Å². The molecule has 6 heteroatoms. The minimum atomic E-state index is -1.30. The summed E-state index contributed by atoms with van der Waals surface area (Å²) in [5.41, 5.74) is 1.01. The normalized spacial score (nSPS) is 13.5. The van der Waals surface area contributed by atoms with E-state index in [9.17, 15) is 9.90 Å². The lowest BCUT2D eigenvalue weighted by atomic mass is 9.95. The first-order valence-electron chi connectivity index (χ1n) is 7.81. The number of rotatable bonds is 4. The highest BCUT2D eigenvalue weighted by Gasteiger charge is 2.32. The van der Waals surface area contributed by atoms with E-state index < -0.39 is 11.6 Å². The summed E-state index contributed by atoms with van der Waals surface area (Å²) in [6.45, 7) is 1.69. The highest BCUT2D eigenvalue weighted by atomic mass is 16.5. The summed E-state index contributed by atoms with van der Waals surface area (Å²) in [6, 6.07) is 12.5. The van der Waals surface area contributed by atoms with Crippen molar-refractivity contribution >= 4 is 17.0 Å². The van der Waals surface area contributed by atoms with Crippen LogP contribution in [-0.2, 0) is 17.4 Å². The minimum Gasteiger partial charge on any atom is -0.494 e. The van der Waals surface area contributed by atoms with Crippen LogP contribution < -0.4 is 4.74 Å². The lowest BCUT2D eigenvalue weighted by Crippen LogP contribution is -2.26. The van der Waals surface area contributed by atoms with Crippen molar-refractivity contribution in [3.8, 4) is 5.75 Å². The maximum absolute atomic E-state index is 11.9. The van der Waals surface area contributed by atoms with Crippen molar-refractivity contribution in [2.24, 2.45) is 7.05 Å². The molecule has 0 fully saturated rings. The zero-order chi connectivity index (χ0) is 18.2. The first-order valence-corrected chi connectivity index (χ1v) is 7.81. The molecule has 0 amide bonds. The fourth-order valence-electron chi connectivity index (χ4n) is 3.03. The van der Waals surface area contributed by atoms with Crippen molar-refractivity contribution in [1.29, 1.82) is 0 Å². The van der Waals surface area contributed by atoms with E-state index in [0.29, 0.717) is 28.2 Å². The van der Waals surface area contributed by atoms with Crippen LogP contribution in [0.2, 0.25) is 0 Å². The second-order valence-corrected chi connectivity index (χ2v) is 5.97. The fourth-order valence-corrected chi connectivity index (χ4v) is 3.03. The summed E-state index contributed by atoms with van der Waals surface area (Å²) in [5.74, 6) is 0.472. The van der Waals surface area contributed by atoms with E-state index in [4.69, 9.17) is 9.47 Å². The summed E-state index contributed by atoms with van der Waals surface area (Å²) in [7, 11) is 4.66.